The number of aliphatic imine (C=N–C) groups is 1. The maximum atomic E-state index is 9.96. The van der Waals surface area contributed by atoms with Gasteiger partial charge in [0.25, 0.3) is 5.09 Å². The van der Waals surface area contributed by atoms with Gasteiger partial charge in [0, 0.05) is 0 Å². The maximum absolute atomic E-state index is 9.96. The Labute approximate surface area is 74.8 Å². The molecule has 13 heavy (non-hydrogen) atoms. The van der Waals surface area contributed by atoms with Gasteiger partial charge in [-0.3, -0.25) is 4.84 Å². The molecule has 0 aliphatic carbocycles. The average molecular weight is 191 g/mol. The predicted octanol–water partition coefficient (Wildman–Crippen LogP) is -1.47. The third-order valence-electron chi connectivity index (χ3n) is 1.16. The first-order valence-electron chi connectivity index (χ1n) is 3.66. The average Bonchev–Trinajstić information content (AvgIpc) is 1.98. The largest absolute Gasteiger partial charge is 0.370 e. The number of hydrogen-bond donors (Lipinski definition) is 3. The van der Waals surface area contributed by atoms with Crippen molar-refractivity contribution in [3.8, 4) is 0 Å². The van der Waals surface area contributed by atoms with E-state index in [2.05, 4.69) is 9.83 Å². The lowest BCUT2D eigenvalue weighted by Crippen LogP contribution is -2.27. The normalized spacial score (nSPS) is 11.8. The van der Waals surface area contributed by atoms with Crippen molar-refractivity contribution in [2.45, 2.75) is 19.1 Å². The lowest BCUT2D eigenvalue weighted by Gasteiger charge is -2.09. The van der Waals surface area contributed by atoms with E-state index in [1.54, 1.807) is 0 Å². The Hall–Kier alpha value is -1.57. The summed E-state index contributed by atoms with van der Waals surface area (Å²) in [5, 5.41) is 9.02. The van der Waals surface area contributed by atoms with Gasteiger partial charge in [-0.2, -0.15) is 0 Å². The van der Waals surface area contributed by atoms with E-state index >= 15 is 0 Å². The van der Waals surface area contributed by atoms with Crippen LogP contribution in [0.4, 0.5) is 0 Å². The zero-order valence-corrected chi connectivity index (χ0v) is 7.05. The van der Waals surface area contributed by atoms with E-state index in [0.29, 0.717) is 19.4 Å². The zero-order valence-electron chi connectivity index (χ0n) is 7.05. The Morgan fingerprint density at radius 2 is 2.23 bits per heavy atom. The Morgan fingerprint density at radius 1 is 1.62 bits per heavy atom. The summed E-state index contributed by atoms with van der Waals surface area (Å²) in [6.45, 7) is 0.400. The van der Waals surface area contributed by atoms with Crippen LogP contribution in [0.15, 0.2) is 4.99 Å². The fourth-order valence-electron chi connectivity index (χ4n) is 0.699. The van der Waals surface area contributed by atoms with Crippen LogP contribution < -0.4 is 17.2 Å². The number of nitrogens with zero attached hydrogens (tertiary/aromatic N) is 2. The van der Waals surface area contributed by atoms with Crippen LogP contribution >= 0.6 is 0 Å². The first kappa shape index (κ1) is 11.4. The molecule has 0 rings (SSSR count). The summed E-state index contributed by atoms with van der Waals surface area (Å²) in [4.78, 5) is 17.6. The van der Waals surface area contributed by atoms with Crippen molar-refractivity contribution in [3.63, 3.8) is 0 Å². The Balaban J connectivity index is 4.03. The molecule has 8 nitrogen and oxygen atoms in total. The summed E-state index contributed by atoms with van der Waals surface area (Å²) in [6.07, 6.45) is -0.0893. The summed E-state index contributed by atoms with van der Waals surface area (Å²) >= 11 is 0. The third kappa shape index (κ3) is 6.81. The highest BCUT2D eigenvalue weighted by Gasteiger charge is 2.10. The SMILES string of the molecule is NCCCC(N=C(N)N)O[N+](=O)[O-]. The molecule has 76 valence electrons. The maximum Gasteiger partial charge on any atom is 0.296 e. The molecule has 0 fully saturated rings. The molecular formula is C5H13N5O3. The third-order valence-corrected chi connectivity index (χ3v) is 1.16. The van der Waals surface area contributed by atoms with Gasteiger partial charge in [0.05, 0.1) is 0 Å². The summed E-state index contributed by atoms with van der Waals surface area (Å²) in [6, 6.07) is 0. The molecule has 8 heteroatoms. The summed E-state index contributed by atoms with van der Waals surface area (Å²) in [7, 11) is 0. The van der Waals surface area contributed by atoms with Crippen LogP contribution in [0.3, 0.4) is 0 Å². The lowest BCUT2D eigenvalue weighted by atomic mass is 10.3. The molecule has 0 saturated carbocycles. The van der Waals surface area contributed by atoms with Gasteiger partial charge in [0.1, 0.15) is 0 Å². The van der Waals surface area contributed by atoms with Crippen molar-refractivity contribution in [2.24, 2.45) is 22.2 Å². The van der Waals surface area contributed by atoms with Gasteiger partial charge >= 0.3 is 0 Å². The standard InChI is InChI=1S/C5H13N5O3/c6-3-1-2-4(9-5(7)8)13-10(11)12/h4H,1-3,6H2,(H4,7,8,9). The van der Waals surface area contributed by atoms with Crippen LogP contribution in [-0.2, 0) is 4.84 Å². The fourth-order valence-corrected chi connectivity index (χ4v) is 0.699. The van der Waals surface area contributed by atoms with Crippen molar-refractivity contribution in [2.75, 3.05) is 6.54 Å². The highest BCUT2D eigenvalue weighted by atomic mass is 17.0. The van der Waals surface area contributed by atoms with Gasteiger partial charge in [-0.05, 0) is 19.4 Å². The van der Waals surface area contributed by atoms with Crippen LogP contribution in [0.2, 0.25) is 0 Å². The molecule has 0 radical (unpaired) electrons. The smallest absolute Gasteiger partial charge is 0.296 e. The first-order chi connectivity index (χ1) is 6.06. The minimum absolute atomic E-state index is 0.246. The van der Waals surface area contributed by atoms with Gasteiger partial charge in [0.15, 0.2) is 5.96 Å². The predicted molar refractivity (Wildman–Crippen MR) is 46.0 cm³/mol. The van der Waals surface area contributed by atoms with Gasteiger partial charge in [-0.15, -0.1) is 10.1 Å². The second-order valence-corrected chi connectivity index (χ2v) is 2.27. The van der Waals surface area contributed by atoms with Crippen molar-refractivity contribution >= 4 is 5.96 Å². The Kier molecular flexibility index (Phi) is 5.28. The Bertz CT molecular complexity index is 191. The number of hydrogen-bond acceptors (Lipinski definition) is 5. The fraction of sp³-hybridized carbons (Fsp3) is 0.800. The van der Waals surface area contributed by atoms with E-state index in [1.165, 1.54) is 0 Å². The molecule has 0 aromatic carbocycles. The Morgan fingerprint density at radius 3 is 2.62 bits per heavy atom. The van der Waals surface area contributed by atoms with Crippen molar-refractivity contribution < 1.29 is 9.92 Å². The molecule has 1 atom stereocenters. The number of nitrogens with two attached hydrogens (primary N) is 3. The van der Waals surface area contributed by atoms with E-state index < -0.39 is 11.3 Å². The summed E-state index contributed by atoms with van der Waals surface area (Å²) in [5.74, 6) is -0.246. The van der Waals surface area contributed by atoms with Gasteiger partial charge in [-0.1, -0.05) is 0 Å². The minimum Gasteiger partial charge on any atom is -0.370 e. The molecule has 0 aromatic rings. The summed E-state index contributed by atoms with van der Waals surface area (Å²) in [5.41, 5.74) is 15.3. The molecule has 0 bridgehead atoms. The zero-order chi connectivity index (χ0) is 10.3. The number of guanidine groups is 1. The van der Waals surface area contributed by atoms with E-state index in [-0.39, 0.29) is 5.96 Å². The van der Waals surface area contributed by atoms with Gasteiger partial charge in [0.2, 0.25) is 6.23 Å². The second kappa shape index (κ2) is 6.00. The van der Waals surface area contributed by atoms with Crippen LogP contribution in [0.1, 0.15) is 12.8 Å². The van der Waals surface area contributed by atoms with Crippen LogP contribution in [0.5, 0.6) is 0 Å². The second-order valence-electron chi connectivity index (χ2n) is 2.27. The minimum atomic E-state index is -0.955. The van der Waals surface area contributed by atoms with Gasteiger partial charge < -0.3 is 17.2 Å². The number of rotatable bonds is 6. The summed E-state index contributed by atoms with van der Waals surface area (Å²) < 4.78 is 0. The van der Waals surface area contributed by atoms with E-state index in [1.807, 2.05) is 0 Å². The van der Waals surface area contributed by atoms with Crippen molar-refractivity contribution in [1.29, 1.82) is 0 Å². The van der Waals surface area contributed by atoms with Gasteiger partial charge in [-0.25, -0.2) is 4.99 Å². The quantitative estimate of drug-likeness (QED) is 0.202. The molecular weight excluding hydrogens is 178 g/mol. The molecule has 0 amide bonds. The molecule has 0 aliphatic rings. The first-order valence-corrected chi connectivity index (χ1v) is 3.66. The van der Waals surface area contributed by atoms with Crippen LogP contribution in [0.25, 0.3) is 0 Å². The lowest BCUT2D eigenvalue weighted by molar-refractivity contribution is -0.768. The molecule has 0 saturated heterocycles. The molecule has 0 heterocycles. The van der Waals surface area contributed by atoms with E-state index in [4.69, 9.17) is 17.2 Å². The monoisotopic (exact) mass is 191 g/mol. The molecule has 0 aromatic heterocycles. The molecule has 0 aliphatic heterocycles. The van der Waals surface area contributed by atoms with E-state index in [9.17, 15) is 10.1 Å². The van der Waals surface area contributed by atoms with Crippen LogP contribution in [-0.4, -0.2) is 23.8 Å². The molecule has 1 unspecified atom stereocenters. The van der Waals surface area contributed by atoms with E-state index in [0.717, 1.165) is 0 Å². The molecule has 6 N–H and O–H groups in total. The van der Waals surface area contributed by atoms with Crippen molar-refractivity contribution in [1.82, 2.24) is 0 Å². The highest BCUT2D eigenvalue weighted by Crippen LogP contribution is 2.02. The van der Waals surface area contributed by atoms with Crippen LogP contribution in [0, 0.1) is 10.1 Å². The van der Waals surface area contributed by atoms with Crippen molar-refractivity contribution in [3.05, 3.63) is 10.1 Å². The highest BCUT2D eigenvalue weighted by molar-refractivity contribution is 5.75. The molecule has 0 spiro atoms. The topological polar surface area (TPSA) is 143 Å².